The number of sulfone groups is 1. The van der Waals surface area contributed by atoms with Gasteiger partial charge in [-0.25, -0.2) is 8.42 Å². The minimum Gasteiger partial charge on any atom is -0.508 e. The number of piperazine rings is 1. The van der Waals surface area contributed by atoms with Gasteiger partial charge in [0.15, 0.2) is 9.84 Å². The molecule has 0 bridgehead atoms. The molecule has 8 heteroatoms. The van der Waals surface area contributed by atoms with E-state index in [4.69, 9.17) is 0 Å². The van der Waals surface area contributed by atoms with E-state index in [1.54, 1.807) is 24.1 Å². The number of nitrogens with zero attached hydrogens (tertiary/aromatic N) is 3. The molecule has 2 saturated heterocycles. The van der Waals surface area contributed by atoms with Gasteiger partial charge in [0.1, 0.15) is 5.75 Å². The number of carbonyl (C=O) groups is 1. The molecule has 2 fully saturated rings. The van der Waals surface area contributed by atoms with Crippen LogP contribution in [0.1, 0.15) is 13.3 Å². The van der Waals surface area contributed by atoms with Crippen molar-refractivity contribution >= 4 is 21.4 Å². The molecule has 1 aromatic carbocycles. The molecule has 26 heavy (non-hydrogen) atoms. The fourth-order valence-electron chi connectivity index (χ4n) is 3.74. The van der Waals surface area contributed by atoms with Crippen molar-refractivity contribution in [3.63, 3.8) is 0 Å². The molecule has 7 nitrogen and oxygen atoms in total. The quantitative estimate of drug-likeness (QED) is 0.820. The van der Waals surface area contributed by atoms with Crippen LogP contribution in [0, 0.1) is 0 Å². The van der Waals surface area contributed by atoms with Gasteiger partial charge < -0.3 is 14.9 Å². The van der Waals surface area contributed by atoms with Crippen molar-refractivity contribution in [1.29, 1.82) is 0 Å². The first-order valence-corrected chi connectivity index (χ1v) is 10.8. The van der Waals surface area contributed by atoms with Gasteiger partial charge in [-0.05, 0) is 37.6 Å². The molecular weight excluding hydrogens is 354 g/mol. The summed E-state index contributed by atoms with van der Waals surface area (Å²) in [6.45, 7) is 5.06. The van der Waals surface area contributed by atoms with Crippen LogP contribution >= 0.6 is 0 Å². The highest BCUT2D eigenvalue weighted by Gasteiger charge is 2.35. The number of phenolic OH excluding ortho intramolecular Hbond substituents is 1. The molecule has 0 spiro atoms. The second-order valence-electron chi connectivity index (χ2n) is 7.22. The summed E-state index contributed by atoms with van der Waals surface area (Å²) < 4.78 is 23.3. The van der Waals surface area contributed by atoms with Crippen molar-refractivity contribution < 1.29 is 18.3 Å². The Labute approximate surface area is 155 Å². The zero-order valence-electron chi connectivity index (χ0n) is 15.3. The van der Waals surface area contributed by atoms with E-state index in [-0.39, 0.29) is 35.2 Å². The van der Waals surface area contributed by atoms with Crippen LogP contribution in [0.25, 0.3) is 0 Å². The van der Waals surface area contributed by atoms with Crippen molar-refractivity contribution in [2.24, 2.45) is 0 Å². The third-order valence-corrected chi connectivity index (χ3v) is 7.29. The van der Waals surface area contributed by atoms with Crippen molar-refractivity contribution in [2.45, 2.75) is 25.4 Å². The van der Waals surface area contributed by atoms with Crippen LogP contribution in [0.3, 0.4) is 0 Å². The summed E-state index contributed by atoms with van der Waals surface area (Å²) in [6, 6.07) is 6.69. The maximum atomic E-state index is 12.8. The number of amides is 1. The third-order valence-electron chi connectivity index (χ3n) is 5.54. The van der Waals surface area contributed by atoms with Gasteiger partial charge in [0.2, 0.25) is 5.91 Å². The van der Waals surface area contributed by atoms with Gasteiger partial charge in [-0.15, -0.1) is 0 Å². The van der Waals surface area contributed by atoms with E-state index in [9.17, 15) is 18.3 Å². The minimum absolute atomic E-state index is 0.00909. The summed E-state index contributed by atoms with van der Waals surface area (Å²) in [7, 11) is -1.28. The molecule has 0 saturated carbocycles. The topological polar surface area (TPSA) is 81.2 Å². The van der Waals surface area contributed by atoms with E-state index in [1.165, 1.54) is 0 Å². The van der Waals surface area contributed by atoms with Gasteiger partial charge in [0, 0.05) is 45.0 Å². The molecule has 1 aromatic rings. The highest BCUT2D eigenvalue weighted by atomic mass is 32.2. The Balaban J connectivity index is 1.55. The van der Waals surface area contributed by atoms with Gasteiger partial charge in [-0.3, -0.25) is 9.69 Å². The molecule has 2 atom stereocenters. The molecule has 2 heterocycles. The van der Waals surface area contributed by atoms with Crippen LogP contribution in [-0.2, 0) is 14.6 Å². The number of hydrogen-bond acceptors (Lipinski definition) is 6. The Morgan fingerprint density at radius 2 is 1.81 bits per heavy atom. The van der Waals surface area contributed by atoms with E-state index in [1.807, 2.05) is 19.1 Å². The molecule has 2 aliphatic rings. The fourth-order valence-corrected chi connectivity index (χ4v) is 5.52. The van der Waals surface area contributed by atoms with Crippen LogP contribution in [0.4, 0.5) is 5.69 Å². The second kappa shape index (κ2) is 7.44. The Bertz CT molecular complexity index is 742. The van der Waals surface area contributed by atoms with E-state index >= 15 is 0 Å². The van der Waals surface area contributed by atoms with Gasteiger partial charge in [-0.1, -0.05) is 0 Å². The lowest BCUT2D eigenvalue weighted by molar-refractivity contribution is -0.136. The third kappa shape index (κ3) is 4.12. The number of rotatable bonds is 4. The van der Waals surface area contributed by atoms with Gasteiger partial charge in [0.25, 0.3) is 0 Å². The normalized spacial score (nSPS) is 24.4. The minimum atomic E-state index is -3.00. The largest absolute Gasteiger partial charge is 0.508 e. The van der Waals surface area contributed by atoms with Crippen LogP contribution in [0.5, 0.6) is 5.75 Å². The fraction of sp³-hybridized carbons (Fsp3) is 0.611. The van der Waals surface area contributed by atoms with Crippen LogP contribution < -0.4 is 4.90 Å². The Kier molecular flexibility index (Phi) is 5.43. The molecular formula is C18H27N3O4S. The molecule has 3 rings (SSSR count). The SMILES string of the molecule is C[C@H](C(=O)N(C)[C@@H]1CCS(=O)(=O)C1)N1CCN(c2ccc(O)cc2)CC1. The maximum absolute atomic E-state index is 12.8. The first-order chi connectivity index (χ1) is 12.3. The lowest BCUT2D eigenvalue weighted by Crippen LogP contribution is -2.55. The molecule has 1 amide bonds. The number of phenols is 1. The Morgan fingerprint density at radius 1 is 1.19 bits per heavy atom. The summed E-state index contributed by atoms with van der Waals surface area (Å²) in [6.07, 6.45) is 0.534. The van der Waals surface area contributed by atoms with E-state index in [0.29, 0.717) is 6.42 Å². The zero-order valence-corrected chi connectivity index (χ0v) is 16.2. The van der Waals surface area contributed by atoms with Gasteiger partial charge in [-0.2, -0.15) is 0 Å². The van der Waals surface area contributed by atoms with E-state index in [0.717, 1.165) is 31.9 Å². The van der Waals surface area contributed by atoms with Gasteiger partial charge >= 0.3 is 0 Å². The smallest absolute Gasteiger partial charge is 0.239 e. The predicted molar refractivity (Wildman–Crippen MR) is 101 cm³/mol. The Morgan fingerprint density at radius 3 is 2.35 bits per heavy atom. The number of benzene rings is 1. The molecule has 0 unspecified atom stereocenters. The van der Waals surface area contributed by atoms with Crippen LogP contribution in [0.15, 0.2) is 24.3 Å². The van der Waals surface area contributed by atoms with Crippen molar-refractivity contribution in [3.8, 4) is 5.75 Å². The average Bonchev–Trinajstić information content (AvgIpc) is 3.00. The number of aromatic hydroxyl groups is 1. The summed E-state index contributed by atoms with van der Waals surface area (Å²) in [4.78, 5) is 18.8. The predicted octanol–water partition coefficient (Wildman–Crippen LogP) is 0.548. The molecule has 144 valence electrons. The van der Waals surface area contributed by atoms with Crippen molar-refractivity contribution in [2.75, 3.05) is 49.6 Å². The Hall–Kier alpha value is -1.80. The van der Waals surface area contributed by atoms with Crippen molar-refractivity contribution in [3.05, 3.63) is 24.3 Å². The number of likely N-dealkylation sites (N-methyl/N-ethyl adjacent to an activating group) is 1. The summed E-state index contributed by atoms with van der Waals surface area (Å²) in [5.41, 5.74) is 1.06. The monoisotopic (exact) mass is 381 g/mol. The maximum Gasteiger partial charge on any atom is 0.239 e. The second-order valence-corrected chi connectivity index (χ2v) is 9.45. The molecule has 0 radical (unpaired) electrons. The van der Waals surface area contributed by atoms with Gasteiger partial charge in [0.05, 0.1) is 17.5 Å². The first-order valence-electron chi connectivity index (χ1n) is 9.02. The molecule has 1 N–H and O–H groups in total. The molecule has 0 aromatic heterocycles. The lowest BCUT2D eigenvalue weighted by atomic mass is 10.1. The summed E-state index contributed by atoms with van der Waals surface area (Å²) >= 11 is 0. The highest BCUT2D eigenvalue weighted by molar-refractivity contribution is 7.91. The standard InChI is InChI=1S/C18H27N3O4S/c1-14(18(23)19(2)16-7-12-26(24,25)13-16)20-8-10-21(11-9-20)15-3-5-17(22)6-4-15/h3-6,14,16,22H,7-13H2,1-2H3/t14-,16-/m1/s1. The molecule has 2 aliphatic heterocycles. The number of carbonyl (C=O) groups excluding carboxylic acids is 1. The first kappa shape index (κ1) is 19.0. The van der Waals surface area contributed by atoms with Crippen molar-refractivity contribution in [1.82, 2.24) is 9.80 Å². The highest BCUT2D eigenvalue weighted by Crippen LogP contribution is 2.22. The van der Waals surface area contributed by atoms with E-state index < -0.39 is 9.84 Å². The van der Waals surface area contributed by atoms with Crippen LogP contribution in [0.2, 0.25) is 0 Å². The number of anilines is 1. The van der Waals surface area contributed by atoms with E-state index in [2.05, 4.69) is 9.80 Å². The van der Waals surface area contributed by atoms with Crippen LogP contribution in [-0.4, -0.2) is 86.0 Å². The lowest BCUT2D eigenvalue weighted by Gasteiger charge is -2.40. The molecule has 0 aliphatic carbocycles. The zero-order chi connectivity index (χ0) is 18.9. The average molecular weight is 381 g/mol. The number of hydrogen-bond donors (Lipinski definition) is 1. The summed E-state index contributed by atoms with van der Waals surface area (Å²) in [5, 5.41) is 9.40. The summed E-state index contributed by atoms with van der Waals surface area (Å²) in [5.74, 6) is 0.500.